The van der Waals surface area contributed by atoms with Crippen LogP contribution in [0.15, 0.2) is 30.3 Å². The quantitative estimate of drug-likeness (QED) is 0.342. The Bertz CT molecular complexity index is 636. The Kier molecular flexibility index (Phi) is 10.0. The molecule has 0 aliphatic carbocycles. The number of benzene rings is 1. The molecule has 0 bridgehead atoms. The predicted octanol–water partition coefficient (Wildman–Crippen LogP) is 1.55. The largest absolute Gasteiger partial charge is 0.480 e. The van der Waals surface area contributed by atoms with Crippen molar-refractivity contribution in [1.82, 2.24) is 10.6 Å². The Hall–Kier alpha value is -2.61. The lowest BCUT2D eigenvalue weighted by Crippen LogP contribution is -2.52. The Morgan fingerprint density at radius 2 is 1.71 bits per heavy atom. The molecule has 1 rings (SSSR count). The molecule has 8 nitrogen and oxygen atoms in total. The maximum Gasteiger partial charge on any atom is 0.326 e. The SMILES string of the molecule is CC(C)CC(NC(=O)NC(CCCCN)C(=O)O)C(C(N)=O)c1ccccc1. The van der Waals surface area contributed by atoms with E-state index in [4.69, 9.17) is 11.5 Å². The van der Waals surface area contributed by atoms with E-state index in [1.807, 2.05) is 19.9 Å². The summed E-state index contributed by atoms with van der Waals surface area (Å²) >= 11 is 0. The van der Waals surface area contributed by atoms with Crippen molar-refractivity contribution >= 4 is 17.9 Å². The molecule has 0 aliphatic rings. The summed E-state index contributed by atoms with van der Waals surface area (Å²) in [6, 6.07) is 6.80. The lowest BCUT2D eigenvalue weighted by Gasteiger charge is -2.28. The fourth-order valence-electron chi connectivity index (χ4n) is 3.16. The smallest absolute Gasteiger partial charge is 0.326 e. The number of hydrogen-bond acceptors (Lipinski definition) is 4. The highest BCUT2D eigenvalue weighted by atomic mass is 16.4. The fourth-order valence-corrected chi connectivity index (χ4v) is 3.16. The zero-order chi connectivity index (χ0) is 21.1. The number of amides is 3. The number of carbonyl (C=O) groups excluding carboxylic acids is 2. The highest BCUT2D eigenvalue weighted by molar-refractivity contribution is 5.85. The first-order chi connectivity index (χ1) is 13.3. The van der Waals surface area contributed by atoms with Gasteiger partial charge in [0, 0.05) is 6.04 Å². The Morgan fingerprint density at radius 3 is 2.21 bits per heavy atom. The van der Waals surface area contributed by atoms with Gasteiger partial charge in [0.15, 0.2) is 0 Å². The van der Waals surface area contributed by atoms with E-state index >= 15 is 0 Å². The van der Waals surface area contributed by atoms with Crippen molar-refractivity contribution in [2.45, 2.75) is 57.5 Å². The summed E-state index contributed by atoms with van der Waals surface area (Å²) in [6.07, 6.45) is 2.07. The zero-order valence-corrected chi connectivity index (χ0v) is 16.6. The third-order valence-corrected chi connectivity index (χ3v) is 4.46. The van der Waals surface area contributed by atoms with E-state index in [0.29, 0.717) is 31.4 Å². The van der Waals surface area contributed by atoms with E-state index < -0.39 is 35.9 Å². The van der Waals surface area contributed by atoms with E-state index in [1.54, 1.807) is 24.3 Å². The molecular formula is C20H32N4O4. The molecule has 0 spiro atoms. The number of carbonyl (C=O) groups is 3. The topological polar surface area (TPSA) is 148 Å². The maximum absolute atomic E-state index is 12.5. The van der Waals surface area contributed by atoms with Gasteiger partial charge in [-0.25, -0.2) is 9.59 Å². The standard InChI is InChI=1S/C20H32N4O4/c1-13(2)12-16(17(18(22)25)14-8-4-3-5-9-14)24-20(28)23-15(19(26)27)10-6-7-11-21/h3-5,8-9,13,15-17H,6-7,10-12,21H2,1-2H3,(H2,22,25)(H,26,27)(H2,23,24,28). The van der Waals surface area contributed by atoms with Crippen molar-refractivity contribution in [3.05, 3.63) is 35.9 Å². The van der Waals surface area contributed by atoms with Crippen molar-refractivity contribution in [3.8, 4) is 0 Å². The second-order valence-corrected chi connectivity index (χ2v) is 7.32. The molecule has 3 amide bonds. The molecule has 8 heteroatoms. The van der Waals surface area contributed by atoms with E-state index in [0.717, 1.165) is 0 Å². The van der Waals surface area contributed by atoms with Crippen LogP contribution in [0.4, 0.5) is 4.79 Å². The first-order valence-corrected chi connectivity index (χ1v) is 9.60. The number of urea groups is 1. The second-order valence-electron chi connectivity index (χ2n) is 7.32. The van der Waals surface area contributed by atoms with E-state index in [-0.39, 0.29) is 12.3 Å². The number of aliphatic carboxylic acids is 1. The van der Waals surface area contributed by atoms with Gasteiger partial charge in [-0.3, -0.25) is 4.79 Å². The fraction of sp³-hybridized carbons (Fsp3) is 0.550. The number of nitrogens with two attached hydrogens (primary N) is 2. The molecule has 3 atom stereocenters. The number of nitrogens with one attached hydrogen (secondary N) is 2. The van der Waals surface area contributed by atoms with Crippen LogP contribution in [-0.2, 0) is 9.59 Å². The van der Waals surface area contributed by atoms with E-state index in [1.165, 1.54) is 0 Å². The molecule has 0 saturated heterocycles. The van der Waals surface area contributed by atoms with Crippen LogP contribution in [-0.4, -0.2) is 41.6 Å². The second kappa shape index (κ2) is 12.0. The van der Waals surface area contributed by atoms with Gasteiger partial charge in [0.25, 0.3) is 0 Å². The minimum absolute atomic E-state index is 0.190. The monoisotopic (exact) mass is 392 g/mol. The summed E-state index contributed by atoms with van der Waals surface area (Å²) in [5.41, 5.74) is 11.8. The number of primary amides is 1. The molecule has 0 aromatic heterocycles. The summed E-state index contributed by atoms with van der Waals surface area (Å²) in [4.78, 5) is 36.0. The number of unbranched alkanes of at least 4 members (excludes halogenated alkanes) is 1. The van der Waals surface area contributed by atoms with Gasteiger partial charge in [-0.15, -0.1) is 0 Å². The van der Waals surface area contributed by atoms with Gasteiger partial charge in [-0.2, -0.15) is 0 Å². The van der Waals surface area contributed by atoms with E-state index in [9.17, 15) is 19.5 Å². The lowest BCUT2D eigenvalue weighted by atomic mass is 9.86. The van der Waals surface area contributed by atoms with Crippen LogP contribution >= 0.6 is 0 Å². The highest BCUT2D eigenvalue weighted by Gasteiger charge is 2.31. The number of rotatable bonds is 12. The van der Waals surface area contributed by atoms with Crippen molar-refractivity contribution in [2.24, 2.45) is 17.4 Å². The zero-order valence-electron chi connectivity index (χ0n) is 16.6. The molecule has 7 N–H and O–H groups in total. The van der Waals surface area contributed by atoms with Crippen LogP contribution in [0.2, 0.25) is 0 Å². The van der Waals surface area contributed by atoms with Crippen molar-refractivity contribution in [1.29, 1.82) is 0 Å². The maximum atomic E-state index is 12.5. The molecule has 0 heterocycles. The van der Waals surface area contributed by atoms with Crippen molar-refractivity contribution < 1.29 is 19.5 Å². The van der Waals surface area contributed by atoms with Crippen molar-refractivity contribution in [2.75, 3.05) is 6.54 Å². The average Bonchev–Trinajstić information content (AvgIpc) is 2.61. The summed E-state index contributed by atoms with van der Waals surface area (Å²) in [5, 5.41) is 14.6. The third kappa shape index (κ3) is 7.96. The molecule has 1 aromatic rings. The molecule has 1 aromatic carbocycles. The Labute approximate surface area is 166 Å². The van der Waals surface area contributed by atoms with Gasteiger partial charge in [0.2, 0.25) is 5.91 Å². The summed E-state index contributed by atoms with van der Waals surface area (Å²) < 4.78 is 0. The molecule has 0 saturated carbocycles. The molecule has 0 aliphatic heterocycles. The summed E-state index contributed by atoms with van der Waals surface area (Å²) in [5.74, 6) is -2.18. The highest BCUT2D eigenvalue weighted by Crippen LogP contribution is 2.24. The van der Waals surface area contributed by atoms with Gasteiger partial charge < -0.3 is 27.2 Å². The molecule has 3 unspecified atom stereocenters. The third-order valence-electron chi connectivity index (χ3n) is 4.46. The van der Waals surface area contributed by atoms with E-state index in [2.05, 4.69) is 10.6 Å². The van der Waals surface area contributed by atoms with Gasteiger partial charge in [0.1, 0.15) is 6.04 Å². The predicted molar refractivity (Wildman–Crippen MR) is 108 cm³/mol. The van der Waals surface area contributed by atoms with Crippen LogP contribution in [0, 0.1) is 5.92 Å². The molecule has 0 radical (unpaired) electrons. The number of carboxylic acids is 1. The van der Waals surface area contributed by atoms with Crippen LogP contribution in [0.1, 0.15) is 51.0 Å². The number of hydrogen-bond donors (Lipinski definition) is 5. The molecule has 0 fully saturated rings. The van der Waals surface area contributed by atoms with Crippen molar-refractivity contribution in [3.63, 3.8) is 0 Å². The summed E-state index contributed by atoms with van der Waals surface area (Å²) in [6.45, 7) is 4.41. The van der Waals surface area contributed by atoms with Gasteiger partial charge >= 0.3 is 12.0 Å². The molecule has 156 valence electrons. The van der Waals surface area contributed by atoms with Gasteiger partial charge in [-0.05, 0) is 43.7 Å². The Morgan fingerprint density at radius 1 is 1.07 bits per heavy atom. The average molecular weight is 393 g/mol. The normalized spacial score (nSPS) is 14.1. The van der Waals surface area contributed by atoms with Crippen LogP contribution in [0.25, 0.3) is 0 Å². The van der Waals surface area contributed by atoms with Gasteiger partial charge in [0.05, 0.1) is 5.92 Å². The van der Waals surface area contributed by atoms with Crippen LogP contribution in [0.3, 0.4) is 0 Å². The molecule has 28 heavy (non-hydrogen) atoms. The number of carboxylic acid groups (broad SMARTS) is 1. The Balaban J connectivity index is 2.92. The van der Waals surface area contributed by atoms with Crippen LogP contribution < -0.4 is 22.1 Å². The lowest BCUT2D eigenvalue weighted by molar-refractivity contribution is -0.139. The van der Waals surface area contributed by atoms with Crippen LogP contribution in [0.5, 0.6) is 0 Å². The minimum Gasteiger partial charge on any atom is -0.480 e. The first kappa shape index (κ1) is 23.4. The first-order valence-electron chi connectivity index (χ1n) is 9.60. The van der Waals surface area contributed by atoms with Gasteiger partial charge in [-0.1, -0.05) is 44.2 Å². The minimum atomic E-state index is -1.11. The summed E-state index contributed by atoms with van der Waals surface area (Å²) in [7, 11) is 0. The molecular weight excluding hydrogens is 360 g/mol.